The van der Waals surface area contributed by atoms with Crippen LogP contribution in [0.25, 0.3) is 5.69 Å². The van der Waals surface area contributed by atoms with Crippen LogP contribution in [0.4, 0.5) is 0 Å². The average molecular weight is 476 g/mol. The Morgan fingerprint density at radius 1 is 1.17 bits per heavy atom. The Morgan fingerprint density at radius 2 is 1.93 bits per heavy atom. The molecule has 0 saturated carbocycles. The lowest BCUT2D eigenvalue weighted by Crippen LogP contribution is -2.28. The van der Waals surface area contributed by atoms with Gasteiger partial charge < -0.3 is 14.4 Å². The van der Waals surface area contributed by atoms with Crippen LogP contribution in [0, 0.1) is 0 Å². The summed E-state index contributed by atoms with van der Waals surface area (Å²) in [5.41, 5.74) is 1.89. The van der Waals surface area contributed by atoms with Crippen molar-refractivity contribution in [3.05, 3.63) is 64.9 Å². The molecule has 8 heteroatoms. The number of aromatic nitrogens is 2. The number of imidazole rings is 1. The number of ether oxygens (including phenoxy) is 2. The third-order valence-electron chi connectivity index (χ3n) is 4.35. The number of para-hydroxylation sites is 1. The Labute approximate surface area is 183 Å². The quantitative estimate of drug-likeness (QED) is 0.451. The lowest BCUT2D eigenvalue weighted by molar-refractivity contribution is -0.127. The second-order valence-corrected chi connectivity index (χ2v) is 8.11. The number of carbonyl (C=O) groups is 1. The van der Waals surface area contributed by atoms with Crippen LogP contribution in [0.15, 0.2) is 64.5 Å². The third kappa shape index (κ3) is 5.13. The van der Waals surface area contributed by atoms with Gasteiger partial charge in [0.05, 0.1) is 20.0 Å². The Kier molecular flexibility index (Phi) is 7.22. The Hall–Kier alpha value is -2.45. The van der Waals surface area contributed by atoms with Crippen molar-refractivity contribution in [3.8, 4) is 17.2 Å². The summed E-state index contributed by atoms with van der Waals surface area (Å²) in [5.74, 6) is 1.59. The van der Waals surface area contributed by atoms with E-state index in [9.17, 15) is 4.79 Å². The Morgan fingerprint density at radius 3 is 2.62 bits per heavy atom. The van der Waals surface area contributed by atoms with Crippen LogP contribution < -0.4 is 9.47 Å². The number of rotatable bonds is 8. The van der Waals surface area contributed by atoms with Crippen molar-refractivity contribution >= 4 is 33.6 Å². The van der Waals surface area contributed by atoms with Gasteiger partial charge in [0.15, 0.2) is 16.7 Å². The number of carbonyl (C=O) groups excluding carboxylic acids is 1. The molecule has 1 heterocycles. The molecule has 0 N–H and O–H groups in total. The van der Waals surface area contributed by atoms with Crippen molar-refractivity contribution in [1.29, 1.82) is 0 Å². The predicted molar refractivity (Wildman–Crippen MR) is 118 cm³/mol. The molecule has 2 aromatic carbocycles. The van der Waals surface area contributed by atoms with Crippen molar-refractivity contribution in [3.63, 3.8) is 0 Å². The van der Waals surface area contributed by atoms with Crippen LogP contribution in [-0.2, 0) is 11.3 Å². The summed E-state index contributed by atoms with van der Waals surface area (Å²) >= 11 is 4.85. The van der Waals surface area contributed by atoms with E-state index in [1.165, 1.54) is 11.8 Å². The van der Waals surface area contributed by atoms with Crippen molar-refractivity contribution in [2.24, 2.45) is 0 Å². The molecule has 3 rings (SSSR count). The minimum absolute atomic E-state index is 0.00484. The fourth-order valence-electron chi connectivity index (χ4n) is 2.85. The second kappa shape index (κ2) is 9.84. The minimum atomic E-state index is 0.00484. The second-order valence-electron chi connectivity index (χ2n) is 6.25. The molecule has 0 saturated heterocycles. The molecule has 1 amide bonds. The van der Waals surface area contributed by atoms with Gasteiger partial charge in [0.1, 0.15) is 0 Å². The monoisotopic (exact) mass is 475 g/mol. The van der Waals surface area contributed by atoms with E-state index in [0.29, 0.717) is 18.0 Å². The van der Waals surface area contributed by atoms with E-state index in [1.54, 1.807) is 32.4 Å². The van der Waals surface area contributed by atoms with Gasteiger partial charge in [-0.25, -0.2) is 4.98 Å². The zero-order chi connectivity index (χ0) is 20.8. The van der Waals surface area contributed by atoms with Crippen LogP contribution >= 0.6 is 27.7 Å². The van der Waals surface area contributed by atoms with Gasteiger partial charge in [0.2, 0.25) is 5.91 Å². The first-order chi connectivity index (χ1) is 14.0. The SMILES string of the molecule is COc1cccc(CN(C)C(=O)CSc2nccn2-c2ccc(Br)cc2)c1OC. The summed E-state index contributed by atoms with van der Waals surface area (Å²) in [6, 6.07) is 13.6. The van der Waals surface area contributed by atoms with Crippen molar-refractivity contribution in [2.75, 3.05) is 27.0 Å². The molecule has 0 aliphatic heterocycles. The Bertz CT molecular complexity index is 976. The maximum Gasteiger partial charge on any atom is 0.233 e. The van der Waals surface area contributed by atoms with Gasteiger partial charge in [-0.05, 0) is 30.3 Å². The number of halogens is 1. The first kappa shape index (κ1) is 21.3. The summed E-state index contributed by atoms with van der Waals surface area (Å²) in [7, 11) is 4.98. The summed E-state index contributed by atoms with van der Waals surface area (Å²) < 4.78 is 13.8. The van der Waals surface area contributed by atoms with Crippen LogP contribution in [0.3, 0.4) is 0 Å². The molecule has 0 fully saturated rings. The molecule has 0 spiro atoms. The van der Waals surface area contributed by atoms with Gasteiger partial charge in [0.25, 0.3) is 0 Å². The normalized spacial score (nSPS) is 10.6. The smallest absolute Gasteiger partial charge is 0.233 e. The highest BCUT2D eigenvalue weighted by molar-refractivity contribution is 9.10. The van der Waals surface area contributed by atoms with Gasteiger partial charge in [-0.15, -0.1) is 0 Å². The zero-order valence-electron chi connectivity index (χ0n) is 16.5. The lowest BCUT2D eigenvalue weighted by atomic mass is 10.1. The number of nitrogens with zero attached hydrogens (tertiary/aromatic N) is 3. The molecule has 0 aliphatic rings. The van der Waals surface area contributed by atoms with Gasteiger partial charge in [-0.3, -0.25) is 9.36 Å². The molecule has 1 aromatic heterocycles. The number of hydrogen-bond donors (Lipinski definition) is 0. The van der Waals surface area contributed by atoms with Crippen molar-refractivity contribution < 1.29 is 14.3 Å². The van der Waals surface area contributed by atoms with Gasteiger partial charge in [-0.1, -0.05) is 39.8 Å². The topological polar surface area (TPSA) is 56.6 Å². The van der Waals surface area contributed by atoms with E-state index in [0.717, 1.165) is 20.9 Å². The number of amides is 1. The molecule has 0 radical (unpaired) electrons. The fourth-order valence-corrected chi connectivity index (χ4v) is 4.03. The highest BCUT2D eigenvalue weighted by Gasteiger charge is 2.16. The molecular formula is C21H22BrN3O3S. The van der Waals surface area contributed by atoms with Crippen LogP contribution in [0.1, 0.15) is 5.56 Å². The number of hydrogen-bond acceptors (Lipinski definition) is 5. The molecule has 6 nitrogen and oxygen atoms in total. The van der Waals surface area contributed by atoms with E-state index in [-0.39, 0.29) is 11.7 Å². The van der Waals surface area contributed by atoms with Crippen LogP contribution in [0.5, 0.6) is 11.5 Å². The maximum atomic E-state index is 12.7. The molecule has 152 valence electrons. The first-order valence-corrected chi connectivity index (χ1v) is 10.7. The largest absolute Gasteiger partial charge is 0.493 e. The minimum Gasteiger partial charge on any atom is -0.493 e. The zero-order valence-corrected chi connectivity index (χ0v) is 18.9. The van der Waals surface area contributed by atoms with Gasteiger partial charge in [-0.2, -0.15) is 0 Å². The van der Waals surface area contributed by atoms with E-state index in [2.05, 4.69) is 20.9 Å². The van der Waals surface area contributed by atoms with Gasteiger partial charge in [0, 0.05) is 41.7 Å². The van der Waals surface area contributed by atoms with Crippen molar-refractivity contribution in [1.82, 2.24) is 14.5 Å². The summed E-state index contributed by atoms with van der Waals surface area (Å²) in [6.07, 6.45) is 3.63. The maximum absolute atomic E-state index is 12.7. The van der Waals surface area contributed by atoms with E-state index in [1.807, 2.05) is 53.2 Å². The van der Waals surface area contributed by atoms with E-state index >= 15 is 0 Å². The van der Waals surface area contributed by atoms with Gasteiger partial charge >= 0.3 is 0 Å². The highest BCUT2D eigenvalue weighted by atomic mass is 79.9. The number of methoxy groups -OCH3 is 2. The predicted octanol–water partition coefficient (Wildman–Crippen LogP) is 4.40. The molecule has 0 atom stereocenters. The van der Waals surface area contributed by atoms with Crippen LogP contribution in [0.2, 0.25) is 0 Å². The Balaban J connectivity index is 1.65. The molecule has 3 aromatic rings. The number of benzene rings is 2. The summed E-state index contributed by atoms with van der Waals surface area (Å²) in [5, 5.41) is 0.771. The fraction of sp³-hybridized carbons (Fsp3) is 0.238. The molecule has 0 unspecified atom stereocenters. The molecular weight excluding hydrogens is 454 g/mol. The number of thioether (sulfide) groups is 1. The standard InChI is InChI=1S/C21H22BrN3O3S/c1-24(13-15-5-4-6-18(27-2)20(15)28-3)19(26)14-29-21-23-11-12-25(21)17-9-7-16(22)8-10-17/h4-12H,13-14H2,1-3H3. The van der Waals surface area contributed by atoms with Crippen LogP contribution in [-0.4, -0.2) is 47.4 Å². The third-order valence-corrected chi connectivity index (χ3v) is 5.83. The van der Waals surface area contributed by atoms with E-state index < -0.39 is 0 Å². The molecule has 0 aliphatic carbocycles. The summed E-state index contributed by atoms with van der Waals surface area (Å²) in [4.78, 5) is 18.7. The van der Waals surface area contributed by atoms with E-state index in [4.69, 9.17) is 9.47 Å². The average Bonchev–Trinajstić information content (AvgIpc) is 3.20. The summed E-state index contributed by atoms with van der Waals surface area (Å²) in [6.45, 7) is 0.431. The van der Waals surface area contributed by atoms with Crippen molar-refractivity contribution in [2.45, 2.75) is 11.7 Å². The molecule has 0 bridgehead atoms. The first-order valence-electron chi connectivity index (χ1n) is 8.89. The highest BCUT2D eigenvalue weighted by Crippen LogP contribution is 2.31. The molecule has 29 heavy (non-hydrogen) atoms. The lowest BCUT2D eigenvalue weighted by Gasteiger charge is -2.20.